The summed E-state index contributed by atoms with van der Waals surface area (Å²) < 4.78 is 0. The summed E-state index contributed by atoms with van der Waals surface area (Å²) in [4.78, 5) is 21.9. The van der Waals surface area contributed by atoms with Crippen molar-refractivity contribution >= 4 is 11.8 Å². The van der Waals surface area contributed by atoms with Crippen LogP contribution in [0.3, 0.4) is 0 Å². The van der Waals surface area contributed by atoms with E-state index in [0.717, 1.165) is 19.4 Å². The smallest absolute Gasteiger partial charge is 0.219 e. The number of amides is 2. The maximum absolute atomic E-state index is 11.4. The molecule has 0 radical (unpaired) electrons. The maximum atomic E-state index is 11.4. The van der Waals surface area contributed by atoms with Gasteiger partial charge in [0, 0.05) is 19.4 Å². The molecular weight excluding hydrogens is 228 g/mol. The molecule has 4 nitrogen and oxygen atoms in total. The summed E-state index contributed by atoms with van der Waals surface area (Å²) in [6.07, 6.45) is 9.74. The van der Waals surface area contributed by atoms with Crippen LogP contribution in [-0.2, 0) is 9.59 Å². The highest BCUT2D eigenvalue weighted by atomic mass is 16.1. The third-order valence-corrected chi connectivity index (χ3v) is 2.93. The van der Waals surface area contributed by atoms with Crippen molar-refractivity contribution in [2.24, 2.45) is 5.73 Å². The summed E-state index contributed by atoms with van der Waals surface area (Å²) in [7, 11) is 0. The van der Waals surface area contributed by atoms with Gasteiger partial charge >= 0.3 is 0 Å². The molecule has 0 rings (SSSR count). The number of rotatable bonds is 12. The fraction of sp³-hybridized carbons (Fsp3) is 0.857. The lowest BCUT2D eigenvalue weighted by Crippen LogP contribution is -2.24. The number of hydrogen-bond acceptors (Lipinski definition) is 2. The summed E-state index contributed by atoms with van der Waals surface area (Å²) in [5, 5.41) is 2.91. The van der Waals surface area contributed by atoms with Gasteiger partial charge in [0.2, 0.25) is 11.8 Å². The van der Waals surface area contributed by atoms with Crippen molar-refractivity contribution < 1.29 is 9.59 Å². The monoisotopic (exact) mass is 256 g/mol. The summed E-state index contributed by atoms with van der Waals surface area (Å²) in [6, 6.07) is 0. The summed E-state index contributed by atoms with van der Waals surface area (Å²) in [5.41, 5.74) is 5.02. The molecule has 0 aliphatic rings. The van der Waals surface area contributed by atoms with Crippen molar-refractivity contribution in [2.75, 3.05) is 6.54 Å². The lowest BCUT2D eigenvalue weighted by atomic mass is 10.1. The van der Waals surface area contributed by atoms with E-state index in [9.17, 15) is 9.59 Å². The maximum Gasteiger partial charge on any atom is 0.219 e. The molecule has 0 saturated heterocycles. The third kappa shape index (κ3) is 13.0. The number of nitrogens with one attached hydrogen (secondary N) is 1. The van der Waals surface area contributed by atoms with Gasteiger partial charge in [-0.3, -0.25) is 9.59 Å². The number of hydrogen-bond donors (Lipinski definition) is 2. The van der Waals surface area contributed by atoms with Crippen molar-refractivity contribution in [2.45, 2.75) is 71.1 Å². The minimum absolute atomic E-state index is 0.0908. The molecule has 0 aliphatic heterocycles. The predicted molar refractivity (Wildman–Crippen MR) is 74.0 cm³/mol. The molecule has 0 spiro atoms. The standard InChI is InChI=1S/C14H28N2O2/c1-2-3-4-5-6-9-12-16-14(18)11-8-7-10-13(15)17/h2-12H2,1H3,(H2,15,17)(H,16,18). The number of unbranched alkanes of at least 4 members (excludes halogenated alkanes) is 6. The van der Waals surface area contributed by atoms with E-state index in [4.69, 9.17) is 5.73 Å². The van der Waals surface area contributed by atoms with E-state index in [1.807, 2.05) is 0 Å². The Morgan fingerprint density at radius 1 is 0.889 bits per heavy atom. The average molecular weight is 256 g/mol. The van der Waals surface area contributed by atoms with Gasteiger partial charge in [-0.15, -0.1) is 0 Å². The van der Waals surface area contributed by atoms with Gasteiger partial charge in [0.15, 0.2) is 0 Å². The molecule has 0 aromatic rings. The lowest BCUT2D eigenvalue weighted by molar-refractivity contribution is -0.122. The normalized spacial score (nSPS) is 10.3. The van der Waals surface area contributed by atoms with E-state index in [2.05, 4.69) is 12.2 Å². The SMILES string of the molecule is CCCCCCCCNC(=O)CCCCC(N)=O. The van der Waals surface area contributed by atoms with Gasteiger partial charge in [-0.05, 0) is 19.3 Å². The first-order valence-corrected chi connectivity index (χ1v) is 7.21. The van der Waals surface area contributed by atoms with E-state index < -0.39 is 0 Å². The molecular formula is C14H28N2O2. The first-order chi connectivity index (χ1) is 8.66. The van der Waals surface area contributed by atoms with Crippen LogP contribution in [0.15, 0.2) is 0 Å². The van der Waals surface area contributed by atoms with Gasteiger partial charge in [0.1, 0.15) is 0 Å². The van der Waals surface area contributed by atoms with Gasteiger partial charge in [-0.1, -0.05) is 39.0 Å². The first kappa shape index (κ1) is 16.9. The first-order valence-electron chi connectivity index (χ1n) is 7.21. The van der Waals surface area contributed by atoms with Gasteiger partial charge in [-0.2, -0.15) is 0 Å². The van der Waals surface area contributed by atoms with Crippen LogP contribution in [0.2, 0.25) is 0 Å². The Morgan fingerprint density at radius 2 is 1.50 bits per heavy atom. The second-order valence-electron chi connectivity index (χ2n) is 4.79. The van der Waals surface area contributed by atoms with Gasteiger partial charge < -0.3 is 11.1 Å². The minimum atomic E-state index is -0.289. The van der Waals surface area contributed by atoms with Crippen molar-refractivity contribution in [3.05, 3.63) is 0 Å². The van der Waals surface area contributed by atoms with E-state index >= 15 is 0 Å². The molecule has 0 heterocycles. The second kappa shape index (κ2) is 12.4. The van der Waals surface area contributed by atoms with Crippen LogP contribution in [0.4, 0.5) is 0 Å². The number of carbonyl (C=O) groups is 2. The number of primary amides is 1. The molecule has 0 atom stereocenters. The predicted octanol–water partition coefficient (Wildman–Crippen LogP) is 2.51. The topological polar surface area (TPSA) is 72.2 Å². The zero-order chi connectivity index (χ0) is 13.6. The van der Waals surface area contributed by atoms with Crippen LogP contribution in [0.5, 0.6) is 0 Å². The molecule has 0 bridgehead atoms. The van der Waals surface area contributed by atoms with E-state index in [1.165, 1.54) is 32.1 Å². The Balaban J connectivity index is 3.19. The van der Waals surface area contributed by atoms with Crippen molar-refractivity contribution in [1.29, 1.82) is 0 Å². The van der Waals surface area contributed by atoms with Crippen LogP contribution in [-0.4, -0.2) is 18.4 Å². The molecule has 0 aliphatic carbocycles. The quantitative estimate of drug-likeness (QED) is 0.527. The fourth-order valence-corrected chi connectivity index (χ4v) is 1.81. The Labute approximate surface area is 111 Å². The Kier molecular flexibility index (Phi) is 11.7. The molecule has 0 fully saturated rings. The molecule has 0 aromatic heterocycles. The van der Waals surface area contributed by atoms with Gasteiger partial charge in [0.05, 0.1) is 0 Å². The molecule has 4 heteroatoms. The fourth-order valence-electron chi connectivity index (χ4n) is 1.81. The van der Waals surface area contributed by atoms with Crippen molar-refractivity contribution in [3.8, 4) is 0 Å². The second-order valence-corrected chi connectivity index (χ2v) is 4.79. The van der Waals surface area contributed by atoms with Crippen LogP contribution in [0, 0.1) is 0 Å². The lowest BCUT2D eigenvalue weighted by Gasteiger charge is -2.05. The zero-order valence-corrected chi connectivity index (χ0v) is 11.7. The van der Waals surface area contributed by atoms with Crippen molar-refractivity contribution in [1.82, 2.24) is 5.32 Å². The molecule has 2 amide bonds. The zero-order valence-electron chi connectivity index (χ0n) is 11.7. The Hall–Kier alpha value is -1.06. The largest absolute Gasteiger partial charge is 0.370 e. The van der Waals surface area contributed by atoms with Crippen LogP contribution < -0.4 is 11.1 Å². The minimum Gasteiger partial charge on any atom is -0.370 e. The highest BCUT2D eigenvalue weighted by Crippen LogP contribution is 2.04. The van der Waals surface area contributed by atoms with E-state index in [1.54, 1.807) is 0 Å². The third-order valence-electron chi connectivity index (χ3n) is 2.93. The average Bonchev–Trinajstić information content (AvgIpc) is 2.33. The summed E-state index contributed by atoms with van der Waals surface area (Å²) in [5.74, 6) is -0.199. The van der Waals surface area contributed by atoms with E-state index in [-0.39, 0.29) is 11.8 Å². The van der Waals surface area contributed by atoms with Crippen LogP contribution in [0.1, 0.15) is 71.1 Å². The number of carbonyl (C=O) groups excluding carboxylic acids is 2. The van der Waals surface area contributed by atoms with E-state index in [0.29, 0.717) is 19.3 Å². The van der Waals surface area contributed by atoms with Gasteiger partial charge in [-0.25, -0.2) is 0 Å². The van der Waals surface area contributed by atoms with Crippen molar-refractivity contribution in [3.63, 3.8) is 0 Å². The molecule has 106 valence electrons. The Morgan fingerprint density at radius 3 is 2.17 bits per heavy atom. The summed E-state index contributed by atoms with van der Waals surface area (Å²) in [6.45, 7) is 2.99. The highest BCUT2D eigenvalue weighted by molar-refractivity contribution is 5.76. The molecule has 0 unspecified atom stereocenters. The number of nitrogens with two attached hydrogens (primary N) is 1. The molecule has 0 saturated carbocycles. The summed E-state index contributed by atoms with van der Waals surface area (Å²) >= 11 is 0. The van der Waals surface area contributed by atoms with Crippen LogP contribution in [0.25, 0.3) is 0 Å². The van der Waals surface area contributed by atoms with Gasteiger partial charge in [0.25, 0.3) is 0 Å². The molecule has 0 aromatic carbocycles. The molecule has 3 N–H and O–H groups in total. The molecule has 18 heavy (non-hydrogen) atoms. The van der Waals surface area contributed by atoms with Crippen LogP contribution >= 0.6 is 0 Å². The highest BCUT2D eigenvalue weighted by Gasteiger charge is 2.01. The Bertz CT molecular complexity index is 230.